The number of halogens is 1. The van der Waals surface area contributed by atoms with Crippen molar-refractivity contribution in [2.75, 3.05) is 23.7 Å². The van der Waals surface area contributed by atoms with Crippen LogP contribution in [-0.4, -0.2) is 24.9 Å². The molecule has 0 saturated carbocycles. The maximum absolute atomic E-state index is 12.5. The van der Waals surface area contributed by atoms with E-state index in [2.05, 4.69) is 16.0 Å². The van der Waals surface area contributed by atoms with Gasteiger partial charge in [0.1, 0.15) is 0 Å². The molecule has 0 saturated heterocycles. The minimum atomic E-state index is -0.166. The summed E-state index contributed by atoms with van der Waals surface area (Å²) >= 11 is 0. The van der Waals surface area contributed by atoms with Crippen LogP contribution >= 0.6 is 12.4 Å². The number of fused-ring (bicyclic) bond motifs is 1. The van der Waals surface area contributed by atoms with Crippen LogP contribution in [0.3, 0.4) is 0 Å². The third-order valence-corrected chi connectivity index (χ3v) is 4.16. The summed E-state index contributed by atoms with van der Waals surface area (Å²) in [6, 6.07) is 11.0. The van der Waals surface area contributed by atoms with Crippen molar-refractivity contribution in [1.29, 1.82) is 0 Å². The molecule has 0 aromatic heterocycles. The van der Waals surface area contributed by atoms with Crippen molar-refractivity contribution in [3.63, 3.8) is 0 Å². The van der Waals surface area contributed by atoms with Crippen molar-refractivity contribution in [2.45, 2.75) is 20.3 Å². The Morgan fingerprint density at radius 3 is 2.56 bits per heavy atom. The Balaban J connectivity index is 0.00000225. The van der Waals surface area contributed by atoms with E-state index in [1.165, 1.54) is 0 Å². The maximum Gasteiger partial charge on any atom is 0.255 e. The Labute approximate surface area is 153 Å². The van der Waals surface area contributed by atoms with Gasteiger partial charge in [0.05, 0.1) is 0 Å². The van der Waals surface area contributed by atoms with Gasteiger partial charge in [0.2, 0.25) is 0 Å². The van der Waals surface area contributed by atoms with Crippen molar-refractivity contribution in [3.8, 4) is 0 Å². The number of carbonyl (C=O) groups is 2. The Morgan fingerprint density at radius 1 is 1.08 bits per heavy atom. The molecule has 1 aliphatic heterocycles. The normalized spacial score (nSPS) is 11.8. The van der Waals surface area contributed by atoms with E-state index in [1.807, 2.05) is 38.1 Å². The van der Waals surface area contributed by atoms with Gasteiger partial charge in [-0.25, -0.2) is 0 Å². The van der Waals surface area contributed by atoms with E-state index in [1.54, 1.807) is 12.1 Å². The van der Waals surface area contributed by atoms with Crippen LogP contribution in [-0.2, 0) is 6.42 Å². The number of amides is 2. The van der Waals surface area contributed by atoms with Gasteiger partial charge in [0.25, 0.3) is 11.8 Å². The highest BCUT2D eigenvalue weighted by atomic mass is 35.5. The second-order valence-electron chi connectivity index (χ2n) is 5.89. The van der Waals surface area contributed by atoms with Crippen molar-refractivity contribution in [3.05, 3.63) is 58.7 Å². The standard InChI is InChI=1S/C19H21N3O2.ClH/c1-3-20-18(23)15-5-4-12(2)17(11-15)22-19(24)14-6-7-16-13(10-14)8-9-21-16;/h4-7,10-11,21H,3,8-9H2,1-2H3,(H,20,23)(H,22,24);1H. The van der Waals surface area contributed by atoms with Gasteiger partial charge in [-0.2, -0.15) is 0 Å². The summed E-state index contributed by atoms with van der Waals surface area (Å²) in [5, 5.41) is 8.96. The summed E-state index contributed by atoms with van der Waals surface area (Å²) in [5.74, 6) is -0.308. The number of rotatable bonds is 4. The predicted molar refractivity (Wildman–Crippen MR) is 103 cm³/mol. The molecule has 2 amide bonds. The SMILES string of the molecule is CCNC(=O)c1ccc(C)c(NC(=O)c2ccc3c(c2)CCN3)c1.Cl. The topological polar surface area (TPSA) is 70.2 Å². The molecule has 3 rings (SSSR count). The van der Waals surface area contributed by atoms with E-state index in [-0.39, 0.29) is 24.2 Å². The fourth-order valence-corrected chi connectivity index (χ4v) is 2.80. The molecule has 2 aromatic rings. The predicted octanol–water partition coefficient (Wildman–Crippen LogP) is 3.39. The third-order valence-electron chi connectivity index (χ3n) is 4.16. The van der Waals surface area contributed by atoms with Crippen LogP contribution in [0.15, 0.2) is 36.4 Å². The average molecular weight is 360 g/mol. The number of hydrogen-bond acceptors (Lipinski definition) is 3. The number of nitrogens with one attached hydrogen (secondary N) is 3. The van der Waals surface area contributed by atoms with Crippen LogP contribution in [0.1, 0.15) is 38.8 Å². The molecule has 25 heavy (non-hydrogen) atoms. The van der Waals surface area contributed by atoms with Gasteiger partial charge in [-0.05, 0) is 61.7 Å². The van der Waals surface area contributed by atoms with E-state index in [0.717, 1.165) is 29.8 Å². The quantitative estimate of drug-likeness (QED) is 0.783. The number of carbonyl (C=O) groups excluding carboxylic acids is 2. The molecule has 0 spiro atoms. The summed E-state index contributed by atoms with van der Waals surface area (Å²) in [5.41, 5.74) is 4.99. The van der Waals surface area contributed by atoms with Gasteiger partial charge in [0, 0.05) is 35.6 Å². The van der Waals surface area contributed by atoms with Crippen molar-refractivity contribution in [2.24, 2.45) is 0 Å². The fraction of sp³-hybridized carbons (Fsp3) is 0.263. The first-order chi connectivity index (χ1) is 11.6. The van der Waals surface area contributed by atoms with Crippen LogP contribution in [0.4, 0.5) is 11.4 Å². The zero-order valence-electron chi connectivity index (χ0n) is 14.3. The molecule has 132 valence electrons. The smallest absolute Gasteiger partial charge is 0.255 e. The van der Waals surface area contributed by atoms with Crippen LogP contribution < -0.4 is 16.0 Å². The van der Waals surface area contributed by atoms with Gasteiger partial charge in [0.15, 0.2) is 0 Å². The second kappa shape index (κ2) is 8.03. The molecule has 0 unspecified atom stereocenters. The first kappa shape index (κ1) is 18.8. The largest absolute Gasteiger partial charge is 0.384 e. The molecule has 0 aliphatic carbocycles. The lowest BCUT2D eigenvalue weighted by molar-refractivity contribution is 0.0954. The Kier molecular flexibility index (Phi) is 6.04. The molecule has 0 fully saturated rings. The summed E-state index contributed by atoms with van der Waals surface area (Å²) in [4.78, 5) is 24.5. The molecule has 2 aromatic carbocycles. The molecule has 0 radical (unpaired) electrons. The number of hydrogen-bond donors (Lipinski definition) is 3. The number of anilines is 2. The van der Waals surface area contributed by atoms with E-state index in [4.69, 9.17) is 0 Å². The molecular weight excluding hydrogens is 338 g/mol. The van der Waals surface area contributed by atoms with Gasteiger partial charge in [-0.1, -0.05) is 6.07 Å². The first-order valence-electron chi connectivity index (χ1n) is 8.15. The van der Waals surface area contributed by atoms with Gasteiger partial charge in [-0.3, -0.25) is 9.59 Å². The monoisotopic (exact) mass is 359 g/mol. The molecule has 1 heterocycles. The van der Waals surface area contributed by atoms with Crippen molar-refractivity contribution < 1.29 is 9.59 Å². The molecule has 0 atom stereocenters. The van der Waals surface area contributed by atoms with Crippen LogP contribution in [0.25, 0.3) is 0 Å². The zero-order valence-corrected chi connectivity index (χ0v) is 15.1. The minimum absolute atomic E-state index is 0. The molecular formula is C19H22ClN3O2. The summed E-state index contributed by atoms with van der Waals surface area (Å²) in [6.45, 7) is 5.26. The average Bonchev–Trinajstić information content (AvgIpc) is 3.04. The highest BCUT2D eigenvalue weighted by Crippen LogP contribution is 2.24. The Hall–Kier alpha value is -2.53. The van der Waals surface area contributed by atoms with Gasteiger partial charge >= 0.3 is 0 Å². The second-order valence-corrected chi connectivity index (χ2v) is 5.89. The lowest BCUT2D eigenvalue weighted by Gasteiger charge is -2.11. The summed E-state index contributed by atoms with van der Waals surface area (Å²) < 4.78 is 0. The highest BCUT2D eigenvalue weighted by molar-refractivity contribution is 6.06. The van der Waals surface area contributed by atoms with E-state index in [9.17, 15) is 9.59 Å². The third kappa shape index (κ3) is 4.12. The van der Waals surface area contributed by atoms with E-state index in [0.29, 0.717) is 23.4 Å². The maximum atomic E-state index is 12.5. The molecule has 6 heteroatoms. The molecule has 5 nitrogen and oxygen atoms in total. The van der Waals surface area contributed by atoms with Crippen LogP contribution in [0.2, 0.25) is 0 Å². The lowest BCUT2D eigenvalue weighted by Crippen LogP contribution is -2.23. The Bertz CT molecular complexity index is 805. The lowest BCUT2D eigenvalue weighted by atomic mass is 10.1. The Morgan fingerprint density at radius 2 is 1.80 bits per heavy atom. The van der Waals surface area contributed by atoms with Gasteiger partial charge in [-0.15, -0.1) is 12.4 Å². The number of benzene rings is 2. The summed E-state index contributed by atoms with van der Waals surface area (Å²) in [6.07, 6.45) is 0.933. The van der Waals surface area contributed by atoms with E-state index < -0.39 is 0 Å². The molecule has 1 aliphatic rings. The molecule has 0 bridgehead atoms. The van der Waals surface area contributed by atoms with Gasteiger partial charge < -0.3 is 16.0 Å². The highest BCUT2D eigenvalue weighted by Gasteiger charge is 2.15. The van der Waals surface area contributed by atoms with E-state index >= 15 is 0 Å². The zero-order chi connectivity index (χ0) is 17.1. The minimum Gasteiger partial charge on any atom is -0.384 e. The number of aryl methyl sites for hydroxylation is 1. The van der Waals surface area contributed by atoms with Crippen LogP contribution in [0, 0.1) is 6.92 Å². The van der Waals surface area contributed by atoms with Crippen LogP contribution in [0.5, 0.6) is 0 Å². The fourth-order valence-electron chi connectivity index (χ4n) is 2.80. The van der Waals surface area contributed by atoms with Crippen molar-refractivity contribution >= 4 is 35.6 Å². The van der Waals surface area contributed by atoms with Crippen molar-refractivity contribution in [1.82, 2.24) is 5.32 Å². The molecule has 3 N–H and O–H groups in total. The summed E-state index contributed by atoms with van der Waals surface area (Å²) in [7, 11) is 0. The first-order valence-corrected chi connectivity index (χ1v) is 8.15.